The van der Waals surface area contributed by atoms with E-state index in [4.69, 9.17) is 14.6 Å². The topological polar surface area (TPSA) is 55.8 Å². The minimum absolute atomic E-state index is 0.0738. The quantitative estimate of drug-likeness (QED) is 0.811. The van der Waals surface area contributed by atoms with Crippen molar-refractivity contribution < 1.29 is 23.8 Å². The highest BCUT2D eigenvalue weighted by Crippen LogP contribution is 2.27. The number of ether oxygens (including phenoxy) is 2. The Morgan fingerprint density at radius 3 is 2.73 bits per heavy atom. The van der Waals surface area contributed by atoms with Crippen LogP contribution in [0.2, 0.25) is 0 Å². The van der Waals surface area contributed by atoms with E-state index in [1.165, 1.54) is 25.3 Å². The second-order valence-electron chi connectivity index (χ2n) is 2.71. The summed E-state index contributed by atoms with van der Waals surface area (Å²) >= 11 is 0. The van der Waals surface area contributed by atoms with Crippen molar-refractivity contribution in [2.24, 2.45) is 0 Å². The van der Waals surface area contributed by atoms with E-state index in [9.17, 15) is 9.18 Å². The van der Waals surface area contributed by atoms with Crippen molar-refractivity contribution in [2.75, 3.05) is 20.4 Å². The number of hydrogen-bond acceptors (Lipinski definition) is 3. The number of hydrogen-bond donors (Lipinski definition) is 1. The Hall–Kier alpha value is -1.78. The second kappa shape index (κ2) is 5.19. The summed E-state index contributed by atoms with van der Waals surface area (Å²) in [6, 6.07) is 4.16. The maximum Gasteiger partial charge on any atom is 0.335 e. The summed E-state index contributed by atoms with van der Waals surface area (Å²) < 4.78 is 21.8. The van der Waals surface area contributed by atoms with Gasteiger partial charge in [0.2, 0.25) is 0 Å². The van der Waals surface area contributed by atoms with E-state index in [0.717, 1.165) is 0 Å². The SMILES string of the molecule is COc1ccc(C(=O)O)cc1OCCF. The predicted octanol–water partition coefficient (Wildman–Crippen LogP) is 1.74. The molecule has 5 heteroatoms. The minimum atomic E-state index is -1.07. The molecule has 0 radical (unpaired) electrons. The molecule has 0 atom stereocenters. The predicted molar refractivity (Wildman–Crippen MR) is 51.4 cm³/mol. The number of benzene rings is 1. The van der Waals surface area contributed by atoms with Gasteiger partial charge in [0.1, 0.15) is 13.3 Å². The van der Waals surface area contributed by atoms with Gasteiger partial charge in [0, 0.05) is 0 Å². The summed E-state index contributed by atoms with van der Waals surface area (Å²) in [6.45, 7) is -0.764. The van der Waals surface area contributed by atoms with Crippen LogP contribution in [0.15, 0.2) is 18.2 Å². The van der Waals surface area contributed by atoms with Gasteiger partial charge in [0.15, 0.2) is 11.5 Å². The lowest BCUT2D eigenvalue weighted by Crippen LogP contribution is -2.03. The molecule has 0 spiro atoms. The molecule has 0 bridgehead atoms. The van der Waals surface area contributed by atoms with E-state index < -0.39 is 12.6 Å². The zero-order valence-electron chi connectivity index (χ0n) is 8.20. The minimum Gasteiger partial charge on any atom is -0.493 e. The molecule has 4 nitrogen and oxygen atoms in total. The smallest absolute Gasteiger partial charge is 0.335 e. The summed E-state index contributed by atoms with van der Waals surface area (Å²) in [7, 11) is 1.43. The Kier molecular flexibility index (Phi) is 3.91. The number of carboxylic acids is 1. The number of carboxylic acid groups (broad SMARTS) is 1. The van der Waals surface area contributed by atoms with Gasteiger partial charge in [-0.05, 0) is 18.2 Å². The van der Waals surface area contributed by atoms with Crippen LogP contribution in [0.1, 0.15) is 10.4 Å². The molecule has 0 aliphatic rings. The van der Waals surface area contributed by atoms with Gasteiger partial charge in [-0.2, -0.15) is 0 Å². The van der Waals surface area contributed by atoms with Gasteiger partial charge in [0.25, 0.3) is 0 Å². The Morgan fingerprint density at radius 1 is 1.47 bits per heavy atom. The van der Waals surface area contributed by atoms with Crippen molar-refractivity contribution in [3.63, 3.8) is 0 Å². The van der Waals surface area contributed by atoms with Crippen LogP contribution in [0.5, 0.6) is 11.5 Å². The fraction of sp³-hybridized carbons (Fsp3) is 0.300. The van der Waals surface area contributed by atoms with Gasteiger partial charge >= 0.3 is 5.97 Å². The Morgan fingerprint density at radius 2 is 2.20 bits per heavy atom. The lowest BCUT2D eigenvalue weighted by atomic mass is 10.2. The molecule has 15 heavy (non-hydrogen) atoms. The molecule has 0 heterocycles. The molecule has 0 saturated heterocycles. The molecule has 1 N–H and O–H groups in total. The molecule has 0 unspecified atom stereocenters. The first-order valence-corrected chi connectivity index (χ1v) is 4.29. The maximum atomic E-state index is 11.9. The van der Waals surface area contributed by atoms with E-state index in [0.29, 0.717) is 5.75 Å². The molecule has 0 amide bonds. The van der Waals surface area contributed by atoms with E-state index in [2.05, 4.69) is 0 Å². The highest BCUT2D eigenvalue weighted by molar-refractivity contribution is 5.88. The number of alkyl halides is 1. The highest BCUT2D eigenvalue weighted by Gasteiger charge is 2.09. The summed E-state index contributed by atoms with van der Waals surface area (Å²) in [5.74, 6) is -0.453. The normalized spacial score (nSPS) is 9.73. The first kappa shape index (κ1) is 11.3. The third kappa shape index (κ3) is 2.83. The number of halogens is 1. The van der Waals surface area contributed by atoms with Crippen LogP contribution >= 0.6 is 0 Å². The third-order valence-electron chi connectivity index (χ3n) is 1.75. The van der Waals surface area contributed by atoms with Crippen molar-refractivity contribution in [3.05, 3.63) is 23.8 Å². The first-order chi connectivity index (χ1) is 7.19. The van der Waals surface area contributed by atoms with Gasteiger partial charge in [-0.1, -0.05) is 0 Å². The molecule has 0 fully saturated rings. The van der Waals surface area contributed by atoms with Crippen molar-refractivity contribution in [1.29, 1.82) is 0 Å². The van der Waals surface area contributed by atoms with E-state index in [1.807, 2.05) is 0 Å². The molecule has 0 aromatic heterocycles. The molecule has 0 aliphatic carbocycles. The third-order valence-corrected chi connectivity index (χ3v) is 1.75. The average molecular weight is 214 g/mol. The van der Waals surface area contributed by atoms with Crippen LogP contribution in [-0.4, -0.2) is 31.5 Å². The van der Waals surface area contributed by atoms with Crippen LogP contribution in [-0.2, 0) is 0 Å². The molecule has 1 aromatic rings. The summed E-state index contributed by atoms with van der Waals surface area (Å²) in [4.78, 5) is 10.7. The van der Waals surface area contributed by atoms with Crippen molar-refractivity contribution in [3.8, 4) is 11.5 Å². The van der Waals surface area contributed by atoms with Crippen LogP contribution in [0.3, 0.4) is 0 Å². The molecule has 0 aliphatic heterocycles. The zero-order valence-corrected chi connectivity index (χ0v) is 8.20. The summed E-state index contributed by atoms with van der Waals surface area (Å²) in [6.07, 6.45) is 0. The van der Waals surface area contributed by atoms with Gasteiger partial charge in [-0.3, -0.25) is 0 Å². The Bertz CT molecular complexity index is 351. The van der Waals surface area contributed by atoms with Gasteiger partial charge in [-0.15, -0.1) is 0 Å². The monoisotopic (exact) mass is 214 g/mol. The van der Waals surface area contributed by atoms with Crippen LogP contribution in [0.25, 0.3) is 0 Å². The van der Waals surface area contributed by atoms with Crippen LogP contribution in [0.4, 0.5) is 4.39 Å². The summed E-state index contributed by atoms with van der Waals surface area (Å²) in [5, 5.41) is 8.73. The number of aromatic carboxylic acids is 1. The van der Waals surface area contributed by atoms with E-state index in [-0.39, 0.29) is 17.9 Å². The lowest BCUT2D eigenvalue weighted by molar-refractivity contribution is 0.0696. The number of rotatable bonds is 5. The highest BCUT2D eigenvalue weighted by atomic mass is 19.1. The zero-order chi connectivity index (χ0) is 11.3. The van der Waals surface area contributed by atoms with Crippen LogP contribution in [0, 0.1) is 0 Å². The molecular formula is C10H11FO4. The largest absolute Gasteiger partial charge is 0.493 e. The van der Waals surface area contributed by atoms with Crippen molar-refractivity contribution >= 4 is 5.97 Å². The molecule has 82 valence electrons. The standard InChI is InChI=1S/C10H11FO4/c1-14-8-3-2-7(10(12)13)6-9(8)15-5-4-11/h2-3,6H,4-5H2,1H3,(H,12,13). The molecule has 1 rings (SSSR count). The number of methoxy groups -OCH3 is 1. The van der Waals surface area contributed by atoms with Crippen molar-refractivity contribution in [2.45, 2.75) is 0 Å². The fourth-order valence-electron chi connectivity index (χ4n) is 1.07. The molecule has 0 saturated carbocycles. The maximum absolute atomic E-state index is 11.9. The second-order valence-corrected chi connectivity index (χ2v) is 2.71. The van der Waals surface area contributed by atoms with Crippen molar-refractivity contribution in [1.82, 2.24) is 0 Å². The summed E-state index contributed by atoms with van der Waals surface area (Å²) in [5.41, 5.74) is 0.0738. The van der Waals surface area contributed by atoms with Gasteiger partial charge in [0.05, 0.1) is 12.7 Å². The Balaban J connectivity index is 2.96. The molecule has 1 aromatic carbocycles. The van der Waals surface area contributed by atoms with E-state index in [1.54, 1.807) is 0 Å². The fourth-order valence-corrected chi connectivity index (χ4v) is 1.07. The van der Waals surface area contributed by atoms with Gasteiger partial charge in [-0.25, -0.2) is 9.18 Å². The first-order valence-electron chi connectivity index (χ1n) is 4.29. The van der Waals surface area contributed by atoms with Gasteiger partial charge < -0.3 is 14.6 Å². The number of carbonyl (C=O) groups is 1. The van der Waals surface area contributed by atoms with E-state index >= 15 is 0 Å². The molecular weight excluding hydrogens is 203 g/mol. The van der Waals surface area contributed by atoms with Crippen LogP contribution < -0.4 is 9.47 Å². The average Bonchev–Trinajstić information content (AvgIpc) is 2.25. The lowest BCUT2D eigenvalue weighted by Gasteiger charge is -2.09. The Labute approximate surface area is 86.2 Å².